The predicted octanol–water partition coefficient (Wildman–Crippen LogP) is 1.83. The van der Waals surface area contributed by atoms with Crippen molar-refractivity contribution in [2.24, 2.45) is 0 Å². The average molecular weight is 288 g/mol. The third-order valence-electron chi connectivity index (χ3n) is 3.03. The molecule has 1 aliphatic heterocycles. The van der Waals surface area contributed by atoms with Crippen molar-refractivity contribution in [1.29, 1.82) is 0 Å². The quantitative estimate of drug-likeness (QED) is 0.794. The van der Waals surface area contributed by atoms with E-state index in [0.717, 1.165) is 12.1 Å². The van der Waals surface area contributed by atoms with E-state index in [4.69, 9.17) is 0 Å². The highest BCUT2D eigenvalue weighted by Gasteiger charge is 2.32. The number of rotatable bonds is 3. The monoisotopic (exact) mass is 288 g/mol. The van der Waals surface area contributed by atoms with Gasteiger partial charge in [0.15, 0.2) is 0 Å². The lowest BCUT2D eigenvalue weighted by molar-refractivity contribution is -0.137. The van der Waals surface area contributed by atoms with Crippen LogP contribution in [0.4, 0.5) is 24.8 Å². The Morgan fingerprint density at radius 1 is 1.35 bits per heavy atom. The van der Waals surface area contributed by atoms with E-state index in [9.17, 15) is 18.0 Å². The van der Waals surface area contributed by atoms with E-state index < -0.39 is 11.7 Å². The molecule has 2 heterocycles. The number of carbonyl (C=O) groups is 1. The van der Waals surface area contributed by atoms with Crippen LogP contribution in [0.1, 0.15) is 18.4 Å². The first-order valence-electron chi connectivity index (χ1n) is 6.19. The molecule has 2 rings (SSSR count). The van der Waals surface area contributed by atoms with Crippen LogP contribution in [-0.2, 0) is 11.0 Å². The Bertz CT molecular complexity index is 494. The highest BCUT2D eigenvalue weighted by molar-refractivity contribution is 5.77. The molecule has 0 bridgehead atoms. The highest BCUT2D eigenvalue weighted by atomic mass is 19.4. The van der Waals surface area contributed by atoms with Crippen LogP contribution < -0.4 is 16.0 Å². The number of nitrogens with one attached hydrogen (secondary N) is 3. The van der Waals surface area contributed by atoms with Crippen LogP contribution in [0.15, 0.2) is 12.1 Å². The van der Waals surface area contributed by atoms with Gasteiger partial charge in [-0.3, -0.25) is 4.79 Å². The number of alkyl halides is 3. The van der Waals surface area contributed by atoms with Crippen molar-refractivity contribution in [3.8, 4) is 0 Å². The van der Waals surface area contributed by atoms with Gasteiger partial charge in [0.1, 0.15) is 11.6 Å². The first-order chi connectivity index (χ1) is 9.38. The second-order valence-corrected chi connectivity index (χ2v) is 4.56. The summed E-state index contributed by atoms with van der Waals surface area (Å²) in [5.41, 5.74) is -0.765. The Kier molecular flexibility index (Phi) is 4.01. The molecule has 1 fully saturated rings. The summed E-state index contributed by atoms with van der Waals surface area (Å²) in [7, 11) is 1.51. The topological polar surface area (TPSA) is 66.0 Å². The Morgan fingerprint density at radius 3 is 2.60 bits per heavy atom. The minimum Gasteiger partial charge on any atom is -0.373 e. The summed E-state index contributed by atoms with van der Waals surface area (Å²) < 4.78 is 38.3. The lowest BCUT2D eigenvalue weighted by atomic mass is 10.1. The molecule has 1 aliphatic rings. The zero-order valence-corrected chi connectivity index (χ0v) is 10.8. The van der Waals surface area contributed by atoms with E-state index in [2.05, 4.69) is 20.9 Å². The van der Waals surface area contributed by atoms with E-state index >= 15 is 0 Å². The number of aromatic nitrogens is 1. The average Bonchev–Trinajstić information content (AvgIpc) is 2.40. The first-order valence-corrected chi connectivity index (χ1v) is 6.19. The molecule has 0 saturated carbocycles. The molecule has 0 aromatic carbocycles. The van der Waals surface area contributed by atoms with Crippen molar-refractivity contribution in [2.45, 2.75) is 25.1 Å². The van der Waals surface area contributed by atoms with E-state index in [-0.39, 0.29) is 23.6 Å². The normalized spacial score (nSPS) is 19.4. The van der Waals surface area contributed by atoms with E-state index in [1.54, 1.807) is 0 Å². The van der Waals surface area contributed by atoms with Gasteiger partial charge >= 0.3 is 6.18 Å². The van der Waals surface area contributed by atoms with Gasteiger partial charge in [-0.05, 0) is 18.6 Å². The third-order valence-corrected chi connectivity index (χ3v) is 3.03. The smallest absolute Gasteiger partial charge is 0.373 e. The molecule has 0 aliphatic carbocycles. The van der Waals surface area contributed by atoms with E-state index in [0.29, 0.717) is 19.4 Å². The molecule has 0 radical (unpaired) electrons. The second kappa shape index (κ2) is 5.56. The zero-order chi connectivity index (χ0) is 14.8. The van der Waals surface area contributed by atoms with Gasteiger partial charge in [0.05, 0.1) is 5.56 Å². The van der Waals surface area contributed by atoms with Crippen LogP contribution in [0.2, 0.25) is 0 Å². The highest BCUT2D eigenvalue weighted by Crippen LogP contribution is 2.32. The standard InChI is InChI=1S/C12H15F3N4O/c1-16-9-4-7(12(13,14)15)5-10(19-9)18-8-2-3-11(20)17-6-8/h4-5,8H,2-3,6H2,1H3,(H,17,20)(H2,16,18,19). The van der Waals surface area contributed by atoms with Crippen LogP contribution in [-0.4, -0.2) is 30.5 Å². The fraction of sp³-hybridized carbons (Fsp3) is 0.500. The summed E-state index contributed by atoms with van der Waals surface area (Å²) in [5, 5.41) is 8.18. The van der Waals surface area contributed by atoms with E-state index in [1.165, 1.54) is 7.05 Å². The Morgan fingerprint density at radius 2 is 2.05 bits per heavy atom. The maximum atomic E-state index is 12.8. The first kappa shape index (κ1) is 14.4. The fourth-order valence-corrected chi connectivity index (χ4v) is 1.96. The molecule has 1 unspecified atom stereocenters. The number of nitrogens with zero attached hydrogens (tertiary/aromatic N) is 1. The number of amides is 1. The number of halogens is 3. The minimum atomic E-state index is -4.42. The molecule has 110 valence electrons. The van der Waals surface area contributed by atoms with Gasteiger partial charge < -0.3 is 16.0 Å². The molecular formula is C12H15F3N4O. The zero-order valence-electron chi connectivity index (χ0n) is 10.8. The molecule has 5 nitrogen and oxygen atoms in total. The Hall–Kier alpha value is -1.99. The largest absolute Gasteiger partial charge is 0.416 e. The van der Waals surface area contributed by atoms with Gasteiger partial charge in [0.25, 0.3) is 0 Å². The van der Waals surface area contributed by atoms with Crippen LogP contribution in [0.25, 0.3) is 0 Å². The Balaban J connectivity index is 2.16. The SMILES string of the molecule is CNc1cc(C(F)(F)F)cc(NC2CCC(=O)NC2)n1. The van der Waals surface area contributed by atoms with Crippen LogP contribution in [0.3, 0.4) is 0 Å². The summed E-state index contributed by atoms with van der Waals surface area (Å²) in [4.78, 5) is 15.1. The molecule has 1 amide bonds. The molecule has 20 heavy (non-hydrogen) atoms. The van der Waals surface area contributed by atoms with E-state index in [1.807, 2.05) is 0 Å². The summed E-state index contributed by atoms with van der Waals surface area (Å²) in [6.45, 7) is 0.381. The van der Waals surface area contributed by atoms with Crippen LogP contribution >= 0.6 is 0 Å². The third kappa shape index (κ3) is 3.52. The van der Waals surface area contributed by atoms with Gasteiger partial charge in [0, 0.05) is 26.1 Å². The second-order valence-electron chi connectivity index (χ2n) is 4.56. The Labute approximate surface area is 114 Å². The van der Waals surface area contributed by atoms with Gasteiger partial charge in [-0.2, -0.15) is 13.2 Å². The van der Waals surface area contributed by atoms with Crippen molar-refractivity contribution in [2.75, 3.05) is 24.2 Å². The van der Waals surface area contributed by atoms with Gasteiger partial charge in [0.2, 0.25) is 5.91 Å². The van der Waals surface area contributed by atoms with Gasteiger partial charge in [-0.15, -0.1) is 0 Å². The molecule has 3 N–H and O–H groups in total. The molecule has 1 atom stereocenters. The maximum absolute atomic E-state index is 12.8. The summed E-state index contributed by atoms with van der Waals surface area (Å²) in [5.74, 6) is 0.239. The van der Waals surface area contributed by atoms with Gasteiger partial charge in [-0.1, -0.05) is 0 Å². The number of pyridine rings is 1. The predicted molar refractivity (Wildman–Crippen MR) is 68.4 cm³/mol. The van der Waals surface area contributed by atoms with Gasteiger partial charge in [-0.25, -0.2) is 4.98 Å². The number of hydrogen-bond acceptors (Lipinski definition) is 4. The molecule has 1 aromatic heterocycles. The number of anilines is 2. The summed E-state index contributed by atoms with van der Waals surface area (Å²) >= 11 is 0. The molecule has 0 spiro atoms. The lowest BCUT2D eigenvalue weighted by Crippen LogP contribution is -2.42. The number of hydrogen-bond donors (Lipinski definition) is 3. The molecule has 8 heteroatoms. The van der Waals surface area contributed by atoms with Crippen molar-refractivity contribution < 1.29 is 18.0 Å². The number of piperidine rings is 1. The molecule has 1 saturated heterocycles. The summed E-state index contributed by atoms with van der Waals surface area (Å²) in [6.07, 6.45) is -3.50. The lowest BCUT2D eigenvalue weighted by Gasteiger charge is -2.24. The van der Waals surface area contributed by atoms with Crippen molar-refractivity contribution in [3.05, 3.63) is 17.7 Å². The van der Waals surface area contributed by atoms with Crippen molar-refractivity contribution >= 4 is 17.5 Å². The maximum Gasteiger partial charge on any atom is 0.416 e. The van der Waals surface area contributed by atoms with Crippen molar-refractivity contribution in [1.82, 2.24) is 10.3 Å². The van der Waals surface area contributed by atoms with Crippen LogP contribution in [0, 0.1) is 0 Å². The van der Waals surface area contributed by atoms with Crippen molar-refractivity contribution in [3.63, 3.8) is 0 Å². The minimum absolute atomic E-state index is 0.0454. The number of carbonyl (C=O) groups excluding carboxylic acids is 1. The summed E-state index contributed by atoms with van der Waals surface area (Å²) in [6, 6.07) is 1.80. The fourth-order valence-electron chi connectivity index (χ4n) is 1.96. The molecular weight excluding hydrogens is 273 g/mol. The molecule has 1 aromatic rings. The van der Waals surface area contributed by atoms with Crippen LogP contribution in [0.5, 0.6) is 0 Å².